The van der Waals surface area contributed by atoms with E-state index in [2.05, 4.69) is 10.7 Å². The Morgan fingerprint density at radius 3 is 2.70 bits per heavy atom. The molecule has 0 aliphatic carbocycles. The van der Waals surface area contributed by atoms with E-state index in [-0.39, 0.29) is 16.0 Å². The van der Waals surface area contributed by atoms with Crippen LogP contribution in [0.4, 0.5) is 10.5 Å². The van der Waals surface area contributed by atoms with E-state index in [1.165, 1.54) is 12.1 Å². The normalized spacial score (nSPS) is 14.2. The summed E-state index contributed by atoms with van der Waals surface area (Å²) >= 11 is 18.1. The van der Waals surface area contributed by atoms with Crippen LogP contribution >= 0.6 is 47.2 Å². The van der Waals surface area contributed by atoms with Gasteiger partial charge in [0.25, 0.3) is 5.91 Å². The van der Waals surface area contributed by atoms with Gasteiger partial charge in [0.2, 0.25) is 0 Å². The second kappa shape index (κ2) is 11.2. The number of hydrazine groups is 1. The summed E-state index contributed by atoms with van der Waals surface area (Å²) in [6, 6.07) is 10.9. The number of anilines is 1. The Kier molecular flexibility index (Phi) is 8.41. The number of carbonyl (C=O) groups excluding carboxylic acids is 2. The molecule has 0 bridgehead atoms. The van der Waals surface area contributed by atoms with Gasteiger partial charge in [-0.1, -0.05) is 41.0 Å². The van der Waals surface area contributed by atoms with Gasteiger partial charge < -0.3 is 14.8 Å². The van der Waals surface area contributed by atoms with Gasteiger partial charge in [-0.25, -0.2) is 10.2 Å². The van der Waals surface area contributed by atoms with Crippen LogP contribution in [-0.4, -0.2) is 34.5 Å². The highest BCUT2D eigenvalue weighted by atomic mass is 35.5. The Balaban J connectivity index is 1.72. The predicted molar refractivity (Wildman–Crippen MR) is 132 cm³/mol. The zero-order valence-corrected chi connectivity index (χ0v) is 20.2. The van der Waals surface area contributed by atoms with Crippen molar-refractivity contribution < 1.29 is 19.1 Å². The van der Waals surface area contributed by atoms with Crippen LogP contribution in [0, 0.1) is 11.3 Å². The smallest absolute Gasteiger partial charge is 0.338 e. The minimum absolute atomic E-state index is 0.117. The molecular weight excluding hydrogens is 507 g/mol. The Labute approximate surface area is 209 Å². The molecule has 1 heterocycles. The van der Waals surface area contributed by atoms with Crippen LogP contribution in [0.25, 0.3) is 6.08 Å². The number of thioether (sulfide) groups is 1. The summed E-state index contributed by atoms with van der Waals surface area (Å²) in [6.45, 7) is 2.10. The van der Waals surface area contributed by atoms with E-state index in [0.29, 0.717) is 39.3 Å². The number of rotatable bonds is 7. The number of carbonyl (C=O) groups is 2. The number of amides is 3. The van der Waals surface area contributed by atoms with Crippen LogP contribution < -0.4 is 20.2 Å². The van der Waals surface area contributed by atoms with E-state index in [4.69, 9.17) is 50.2 Å². The lowest BCUT2D eigenvalue weighted by atomic mass is 10.2. The number of nitrogens with zero attached hydrogens (tertiary/aromatic N) is 2. The van der Waals surface area contributed by atoms with Gasteiger partial charge in [-0.3, -0.25) is 4.79 Å². The van der Waals surface area contributed by atoms with E-state index >= 15 is 0 Å². The number of benzene rings is 2. The maximum atomic E-state index is 12.8. The van der Waals surface area contributed by atoms with Gasteiger partial charge in [-0.05, 0) is 61.1 Å². The van der Waals surface area contributed by atoms with E-state index in [0.717, 1.165) is 16.8 Å². The fourth-order valence-corrected chi connectivity index (χ4v) is 4.14. The predicted octanol–water partition coefficient (Wildman–Crippen LogP) is 5.23. The third-order valence-electron chi connectivity index (χ3n) is 4.04. The van der Waals surface area contributed by atoms with Crippen molar-refractivity contribution in [3.63, 3.8) is 0 Å². The van der Waals surface area contributed by atoms with Gasteiger partial charge in [-0.15, -0.1) is 0 Å². The molecule has 1 saturated heterocycles. The third kappa shape index (κ3) is 6.30. The standard InChI is InChI=1S/C21H16Cl2N4O4S2/c1-2-30-17-9-12(3-6-16(17)31-8-7-24)10-18-19(28)27(21(32)33-18)26-20(29)25-13-4-5-14(22)15(23)11-13/h3-6,9-11H,2,8H2,1H3,(H2,25,26,29)/b18-10-. The summed E-state index contributed by atoms with van der Waals surface area (Å²) in [5.74, 6) is 0.372. The van der Waals surface area contributed by atoms with Gasteiger partial charge in [0, 0.05) is 5.69 Å². The summed E-state index contributed by atoms with van der Waals surface area (Å²) in [7, 11) is 0. The topological polar surface area (TPSA) is 104 Å². The second-order valence-corrected chi connectivity index (χ2v) is 8.79. The molecule has 3 amide bonds. The highest BCUT2D eigenvalue weighted by molar-refractivity contribution is 8.26. The first-order valence-corrected chi connectivity index (χ1v) is 11.4. The average Bonchev–Trinajstić information content (AvgIpc) is 3.03. The van der Waals surface area contributed by atoms with Crippen molar-refractivity contribution >= 4 is 75.2 Å². The lowest BCUT2D eigenvalue weighted by Crippen LogP contribution is -2.46. The monoisotopic (exact) mass is 522 g/mol. The van der Waals surface area contributed by atoms with E-state index in [1.54, 1.807) is 30.3 Å². The average molecular weight is 523 g/mol. The van der Waals surface area contributed by atoms with E-state index in [1.807, 2.05) is 13.0 Å². The van der Waals surface area contributed by atoms with Crippen LogP contribution in [0.3, 0.4) is 0 Å². The lowest BCUT2D eigenvalue weighted by Gasteiger charge is -2.16. The molecule has 0 atom stereocenters. The number of thiocarbonyl (C=S) groups is 1. The first kappa shape index (κ1) is 24.7. The Hall–Kier alpha value is -2.97. The number of nitrogens with one attached hydrogen (secondary N) is 2. The largest absolute Gasteiger partial charge is 0.490 e. The number of hydrogen-bond acceptors (Lipinski definition) is 7. The maximum Gasteiger partial charge on any atom is 0.338 e. The van der Waals surface area contributed by atoms with Crippen molar-refractivity contribution in [2.24, 2.45) is 0 Å². The minimum Gasteiger partial charge on any atom is -0.490 e. The van der Waals surface area contributed by atoms with Crippen molar-refractivity contribution in [2.75, 3.05) is 18.5 Å². The molecule has 1 aliphatic heterocycles. The molecule has 0 spiro atoms. The Bertz CT molecular complexity index is 1180. The molecule has 2 aromatic carbocycles. The first-order valence-electron chi connectivity index (χ1n) is 9.39. The minimum atomic E-state index is -0.677. The maximum absolute atomic E-state index is 12.8. The summed E-state index contributed by atoms with van der Waals surface area (Å²) in [5.41, 5.74) is 3.47. The van der Waals surface area contributed by atoms with Crippen molar-refractivity contribution in [3.8, 4) is 17.6 Å². The molecule has 8 nitrogen and oxygen atoms in total. The first-order chi connectivity index (χ1) is 15.8. The van der Waals surface area contributed by atoms with Crippen molar-refractivity contribution in [1.29, 1.82) is 5.26 Å². The summed E-state index contributed by atoms with van der Waals surface area (Å²) in [6.07, 6.45) is 1.62. The molecule has 0 unspecified atom stereocenters. The zero-order valence-electron chi connectivity index (χ0n) is 17.1. The Morgan fingerprint density at radius 2 is 2.00 bits per heavy atom. The second-order valence-electron chi connectivity index (χ2n) is 6.30. The molecule has 2 N–H and O–H groups in total. The fraction of sp³-hybridized carbons (Fsp3) is 0.143. The molecule has 12 heteroatoms. The molecule has 0 aromatic heterocycles. The molecule has 170 valence electrons. The van der Waals surface area contributed by atoms with Crippen molar-refractivity contribution in [2.45, 2.75) is 6.92 Å². The van der Waals surface area contributed by atoms with Crippen molar-refractivity contribution in [1.82, 2.24) is 10.4 Å². The molecular formula is C21H16Cl2N4O4S2. The third-order valence-corrected chi connectivity index (χ3v) is 6.08. The number of ether oxygens (including phenoxy) is 2. The highest BCUT2D eigenvalue weighted by Crippen LogP contribution is 2.34. The van der Waals surface area contributed by atoms with Gasteiger partial charge in [0.15, 0.2) is 22.4 Å². The molecule has 0 saturated carbocycles. The molecule has 1 aliphatic rings. The summed E-state index contributed by atoms with van der Waals surface area (Å²) in [4.78, 5) is 25.4. The summed E-state index contributed by atoms with van der Waals surface area (Å²) < 4.78 is 11.1. The van der Waals surface area contributed by atoms with Gasteiger partial charge in [0.1, 0.15) is 6.07 Å². The van der Waals surface area contributed by atoms with Crippen molar-refractivity contribution in [3.05, 3.63) is 56.9 Å². The summed E-state index contributed by atoms with van der Waals surface area (Å²) in [5, 5.41) is 12.9. The zero-order chi connectivity index (χ0) is 24.0. The van der Waals surface area contributed by atoms with Gasteiger partial charge >= 0.3 is 6.03 Å². The van der Waals surface area contributed by atoms with Crippen LogP contribution in [0.15, 0.2) is 41.3 Å². The number of urea groups is 1. The number of halogens is 2. The molecule has 3 rings (SSSR count). The van der Waals surface area contributed by atoms with Crippen LogP contribution in [0.2, 0.25) is 10.0 Å². The SMILES string of the molecule is CCOc1cc(/C=C2\SC(=S)N(NC(=O)Nc3ccc(Cl)c(Cl)c3)C2=O)ccc1OCC#N. The molecule has 2 aromatic rings. The van der Waals surface area contributed by atoms with Crippen LogP contribution in [0.1, 0.15) is 12.5 Å². The molecule has 0 radical (unpaired) electrons. The highest BCUT2D eigenvalue weighted by Gasteiger charge is 2.33. The fourth-order valence-electron chi connectivity index (χ4n) is 2.66. The quantitative estimate of drug-likeness (QED) is 0.378. The van der Waals surface area contributed by atoms with E-state index in [9.17, 15) is 9.59 Å². The van der Waals surface area contributed by atoms with Crippen LogP contribution in [-0.2, 0) is 4.79 Å². The van der Waals surface area contributed by atoms with E-state index < -0.39 is 11.9 Å². The Morgan fingerprint density at radius 1 is 1.21 bits per heavy atom. The van der Waals surface area contributed by atoms with Gasteiger partial charge in [0.05, 0.1) is 21.6 Å². The van der Waals surface area contributed by atoms with Gasteiger partial charge in [-0.2, -0.15) is 10.3 Å². The number of nitriles is 1. The molecule has 33 heavy (non-hydrogen) atoms. The number of hydrogen-bond donors (Lipinski definition) is 2. The lowest BCUT2D eigenvalue weighted by molar-refractivity contribution is -0.123. The molecule has 1 fully saturated rings. The van der Waals surface area contributed by atoms with Crippen LogP contribution in [0.5, 0.6) is 11.5 Å².